The van der Waals surface area contributed by atoms with Gasteiger partial charge in [0.1, 0.15) is 0 Å². The molecule has 0 aliphatic carbocycles. The van der Waals surface area contributed by atoms with Crippen molar-refractivity contribution >= 4 is 11.6 Å². The van der Waals surface area contributed by atoms with Crippen LogP contribution >= 0.6 is 0 Å². The molecule has 0 aromatic heterocycles. The molecule has 0 bridgehead atoms. The number of guanidine groups is 1. The number of hydrogen-bond acceptors (Lipinski definition) is 5. The highest BCUT2D eigenvalue weighted by Gasteiger charge is 2.04. The van der Waals surface area contributed by atoms with Gasteiger partial charge in [-0.1, -0.05) is 12.1 Å². The van der Waals surface area contributed by atoms with Gasteiger partial charge in [-0.2, -0.15) is 0 Å². The van der Waals surface area contributed by atoms with Crippen molar-refractivity contribution < 1.29 is 14.4 Å². The van der Waals surface area contributed by atoms with Crippen LogP contribution in [0.25, 0.3) is 0 Å². The lowest BCUT2D eigenvalue weighted by atomic mass is 10.2. The highest BCUT2D eigenvalue weighted by molar-refractivity contribution is 5.79. The zero-order valence-corrected chi connectivity index (χ0v) is 15.7. The van der Waals surface area contributed by atoms with Gasteiger partial charge in [0.05, 0.1) is 11.5 Å². The molecular weight excluding hydrogens is 336 g/mol. The maximum atomic E-state index is 10.7. The van der Waals surface area contributed by atoms with Crippen LogP contribution in [-0.4, -0.2) is 50.4 Å². The second-order valence-electron chi connectivity index (χ2n) is 5.54. The third-order valence-electron chi connectivity index (χ3n) is 3.49. The van der Waals surface area contributed by atoms with Crippen LogP contribution in [0.1, 0.15) is 32.3 Å². The summed E-state index contributed by atoms with van der Waals surface area (Å²) >= 11 is 0. The van der Waals surface area contributed by atoms with Gasteiger partial charge in [-0.15, -0.1) is 0 Å². The first-order chi connectivity index (χ1) is 12.7. The van der Waals surface area contributed by atoms with Crippen molar-refractivity contribution in [3.63, 3.8) is 0 Å². The topological polar surface area (TPSA) is 98.0 Å². The first-order valence-electron chi connectivity index (χ1n) is 9.08. The molecule has 1 aromatic rings. The number of ether oxygens (including phenoxy) is 2. The zero-order chi connectivity index (χ0) is 19.0. The Morgan fingerprint density at radius 1 is 1.04 bits per heavy atom. The van der Waals surface area contributed by atoms with E-state index in [-0.39, 0.29) is 5.69 Å². The average Bonchev–Trinajstić information content (AvgIpc) is 2.65. The van der Waals surface area contributed by atoms with E-state index < -0.39 is 4.92 Å². The van der Waals surface area contributed by atoms with E-state index in [0.29, 0.717) is 19.8 Å². The highest BCUT2D eigenvalue weighted by atomic mass is 16.6. The predicted octanol–water partition coefficient (Wildman–Crippen LogP) is 2.48. The fraction of sp³-hybridized carbons (Fsp3) is 0.611. The van der Waals surface area contributed by atoms with Gasteiger partial charge in [0.25, 0.3) is 5.69 Å². The summed E-state index contributed by atoms with van der Waals surface area (Å²) in [5.41, 5.74) is 1.00. The summed E-state index contributed by atoms with van der Waals surface area (Å²) in [4.78, 5) is 14.8. The monoisotopic (exact) mass is 366 g/mol. The van der Waals surface area contributed by atoms with E-state index in [1.54, 1.807) is 12.1 Å². The predicted molar refractivity (Wildman–Crippen MR) is 102 cm³/mol. The molecule has 146 valence electrons. The Kier molecular flexibility index (Phi) is 11.8. The van der Waals surface area contributed by atoms with Gasteiger partial charge in [-0.05, 0) is 32.3 Å². The van der Waals surface area contributed by atoms with Gasteiger partial charge in [-0.25, -0.2) is 4.99 Å². The molecule has 0 saturated heterocycles. The van der Waals surface area contributed by atoms with E-state index in [4.69, 9.17) is 9.47 Å². The number of nitro groups is 1. The maximum absolute atomic E-state index is 10.7. The zero-order valence-electron chi connectivity index (χ0n) is 15.7. The number of nitro benzene ring substituents is 1. The maximum Gasteiger partial charge on any atom is 0.269 e. The van der Waals surface area contributed by atoms with Gasteiger partial charge in [0.2, 0.25) is 0 Å². The molecule has 0 saturated carbocycles. The summed E-state index contributed by atoms with van der Waals surface area (Å²) in [5, 5.41) is 17.3. The molecule has 2 N–H and O–H groups in total. The lowest BCUT2D eigenvalue weighted by molar-refractivity contribution is -0.384. The van der Waals surface area contributed by atoms with Gasteiger partial charge in [0, 0.05) is 51.6 Å². The van der Waals surface area contributed by atoms with Crippen LogP contribution < -0.4 is 10.6 Å². The fourth-order valence-corrected chi connectivity index (χ4v) is 2.12. The molecule has 0 fully saturated rings. The Hall–Kier alpha value is -2.19. The van der Waals surface area contributed by atoms with E-state index >= 15 is 0 Å². The Morgan fingerprint density at radius 2 is 1.58 bits per heavy atom. The van der Waals surface area contributed by atoms with E-state index in [9.17, 15) is 10.1 Å². The van der Waals surface area contributed by atoms with Gasteiger partial charge >= 0.3 is 0 Å². The third-order valence-corrected chi connectivity index (χ3v) is 3.49. The Morgan fingerprint density at radius 3 is 2.04 bits per heavy atom. The van der Waals surface area contributed by atoms with Gasteiger partial charge < -0.3 is 20.1 Å². The van der Waals surface area contributed by atoms with Crippen molar-refractivity contribution in [3.05, 3.63) is 39.9 Å². The van der Waals surface area contributed by atoms with Crippen molar-refractivity contribution in [2.24, 2.45) is 4.99 Å². The summed E-state index contributed by atoms with van der Waals surface area (Å²) in [6.07, 6.45) is 1.79. The molecule has 8 heteroatoms. The number of hydrogen-bond donors (Lipinski definition) is 2. The smallest absolute Gasteiger partial charge is 0.269 e. The van der Waals surface area contributed by atoms with Crippen molar-refractivity contribution in [1.82, 2.24) is 10.6 Å². The van der Waals surface area contributed by atoms with Crippen LogP contribution in [0.3, 0.4) is 0 Å². The quantitative estimate of drug-likeness (QED) is 0.183. The van der Waals surface area contributed by atoms with Crippen LogP contribution in [0.4, 0.5) is 5.69 Å². The number of rotatable bonds is 13. The molecule has 8 nitrogen and oxygen atoms in total. The number of non-ortho nitro benzene ring substituents is 1. The van der Waals surface area contributed by atoms with E-state index in [0.717, 1.165) is 50.7 Å². The Balaban J connectivity index is 2.51. The van der Waals surface area contributed by atoms with Crippen molar-refractivity contribution in [1.29, 1.82) is 0 Å². The van der Waals surface area contributed by atoms with Crippen molar-refractivity contribution in [2.75, 3.05) is 39.5 Å². The third kappa shape index (κ3) is 9.95. The Labute approximate surface area is 155 Å². The molecular formula is C18H30N4O4. The van der Waals surface area contributed by atoms with Crippen LogP contribution in [0.15, 0.2) is 29.3 Å². The van der Waals surface area contributed by atoms with Crippen LogP contribution in [-0.2, 0) is 16.0 Å². The summed E-state index contributed by atoms with van der Waals surface area (Å²) in [7, 11) is 0. The summed E-state index contributed by atoms with van der Waals surface area (Å²) < 4.78 is 10.7. The van der Waals surface area contributed by atoms with Crippen molar-refractivity contribution in [3.8, 4) is 0 Å². The van der Waals surface area contributed by atoms with Crippen LogP contribution in [0.5, 0.6) is 0 Å². The summed E-state index contributed by atoms with van der Waals surface area (Å²) in [6.45, 7) is 8.79. The van der Waals surface area contributed by atoms with E-state index in [1.807, 2.05) is 13.8 Å². The molecule has 1 rings (SSSR count). The van der Waals surface area contributed by atoms with E-state index in [2.05, 4.69) is 15.6 Å². The molecule has 0 aliphatic heterocycles. The number of nitrogens with one attached hydrogen (secondary N) is 2. The lowest BCUT2D eigenvalue weighted by Gasteiger charge is -2.13. The minimum atomic E-state index is -0.404. The van der Waals surface area contributed by atoms with Gasteiger partial charge in [0.15, 0.2) is 5.96 Å². The van der Waals surface area contributed by atoms with Crippen LogP contribution in [0.2, 0.25) is 0 Å². The standard InChI is InChI=1S/C18H30N4O4/c1-3-25-13-5-11-19-18(20-12-6-14-26-4-2)21-15-16-7-9-17(10-8-16)22(23)24/h7-10H,3-6,11-15H2,1-2H3,(H2,19,20,21). The minimum Gasteiger partial charge on any atom is -0.382 e. The number of aliphatic imine (C=N–C) groups is 1. The van der Waals surface area contributed by atoms with Crippen LogP contribution in [0, 0.1) is 10.1 Å². The molecule has 0 atom stereocenters. The second-order valence-corrected chi connectivity index (χ2v) is 5.54. The number of benzene rings is 1. The second kappa shape index (κ2) is 14.0. The SMILES string of the molecule is CCOCCCNC(=NCc1ccc([N+](=O)[O-])cc1)NCCCOCC. The largest absolute Gasteiger partial charge is 0.382 e. The molecule has 0 radical (unpaired) electrons. The number of nitrogens with zero attached hydrogens (tertiary/aromatic N) is 2. The summed E-state index contributed by atoms with van der Waals surface area (Å²) in [5.74, 6) is 0.719. The first kappa shape index (κ1) is 21.9. The van der Waals surface area contributed by atoms with Gasteiger partial charge in [-0.3, -0.25) is 10.1 Å². The Bertz CT molecular complexity index is 518. The lowest BCUT2D eigenvalue weighted by Crippen LogP contribution is -2.39. The normalized spacial score (nSPS) is 10.4. The molecule has 0 heterocycles. The first-order valence-corrected chi connectivity index (χ1v) is 9.08. The summed E-state index contributed by atoms with van der Waals surface area (Å²) in [6, 6.07) is 6.44. The highest BCUT2D eigenvalue weighted by Crippen LogP contribution is 2.12. The molecule has 0 unspecified atom stereocenters. The minimum absolute atomic E-state index is 0.0843. The molecule has 1 aromatic carbocycles. The fourth-order valence-electron chi connectivity index (χ4n) is 2.12. The molecule has 0 spiro atoms. The van der Waals surface area contributed by atoms with E-state index in [1.165, 1.54) is 12.1 Å². The average molecular weight is 366 g/mol. The molecule has 0 aliphatic rings. The molecule has 26 heavy (non-hydrogen) atoms. The molecule has 0 amide bonds. The van der Waals surface area contributed by atoms with Crippen molar-refractivity contribution in [2.45, 2.75) is 33.2 Å².